The summed E-state index contributed by atoms with van der Waals surface area (Å²) < 4.78 is 6.51. The number of rotatable bonds is 5. The zero-order chi connectivity index (χ0) is 36.3. The molecule has 9 aromatic carbocycles. The van der Waals surface area contributed by atoms with Crippen LogP contribution in [0.25, 0.3) is 110 Å². The summed E-state index contributed by atoms with van der Waals surface area (Å²) in [4.78, 5) is 10.7. The predicted octanol–water partition coefficient (Wildman–Crippen LogP) is 14.2. The van der Waals surface area contributed by atoms with E-state index in [0.717, 1.165) is 72.4 Å². The molecule has 0 saturated heterocycles. The summed E-state index contributed by atoms with van der Waals surface area (Å²) in [5.74, 6) is 0. The van der Waals surface area contributed by atoms with E-state index in [4.69, 9.17) is 14.4 Å². The van der Waals surface area contributed by atoms with Gasteiger partial charge in [0, 0.05) is 16.5 Å². The van der Waals surface area contributed by atoms with E-state index < -0.39 is 0 Å². The Kier molecular flexibility index (Phi) is 7.17. The predicted molar refractivity (Wildman–Crippen MR) is 229 cm³/mol. The summed E-state index contributed by atoms with van der Waals surface area (Å²) in [5.41, 5.74) is 12.4. The molecule has 256 valence electrons. The average Bonchev–Trinajstić information content (AvgIpc) is 3.63. The maximum Gasteiger partial charge on any atom is 0.246 e. The molecule has 0 atom stereocenters. The van der Waals surface area contributed by atoms with E-state index in [2.05, 4.69) is 182 Å². The summed E-state index contributed by atoms with van der Waals surface area (Å²) in [7, 11) is 0. The van der Waals surface area contributed by atoms with Gasteiger partial charge in [0.2, 0.25) is 5.71 Å². The van der Waals surface area contributed by atoms with Crippen molar-refractivity contribution in [3.8, 4) is 55.9 Å². The zero-order valence-corrected chi connectivity index (χ0v) is 29.8. The van der Waals surface area contributed by atoms with Crippen molar-refractivity contribution in [2.75, 3.05) is 0 Å². The van der Waals surface area contributed by atoms with Crippen LogP contribution in [0.5, 0.6) is 0 Å². The van der Waals surface area contributed by atoms with Gasteiger partial charge in [-0.25, -0.2) is 9.97 Å². The Morgan fingerprint density at radius 2 is 0.691 bits per heavy atom. The van der Waals surface area contributed by atoms with E-state index in [1.807, 2.05) is 12.1 Å². The molecule has 0 radical (unpaired) electrons. The van der Waals surface area contributed by atoms with Crippen molar-refractivity contribution in [1.82, 2.24) is 9.97 Å². The third-order valence-corrected chi connectivity index (χ3v) is 10.9. The molecule has 0 N–H and O–H groups in total. The number of furan rings is 1. The quantitative estimate of drug-likeness (QED) is 0.168. The number of fused-ring (bicyclic) bond motifs is 9. The van der Waals surface area contributed by atoms with Gasteiger partial charge in [0.25, 0.3) is 0 Å². The standard InChI is InChI=1S/C52H32N2O/c1-3-13-33(14-4-1)35-17-11-20-40(29-35)50-49(53-51-46-28-26-38(34-15-5-2-6-16-34)32-48(46)55-52(51)54-50)39-19-12-18-36(30-39)37-25-27-45-43-23-8-7-21-41(43)42-22-9-10-24-44(42)47(45)31-37/h1-32H. The van der Waals surface area contributed by atoms with E-state index in [9.17, 15) is 0 Å². The van der Waals surface area contributed by atoms with Crippen LogP contribution in [-0.2, 0) is 0 Å². The lowest BCUT2D eigenvalue weighted by molar-refractivity contribution is 0.654. The number of aromatic nitrogens is 2. The van der Waals surface area contributed by atoms with Crippen LogP contribution in [0.3, 0.4) is 0 Å². The van der Waals surface area contributed by atoms with Crippen LogP contribution in [-0.4, -0.2) is 9.97 Å². The molecular formula is C52H32N2O. The van der Waals surface area contributed by atoms with Crippen LogP contribution >= 0.6 is 0 Å². The van der Waals surface area contributed by atoms with E-state index in [1.54, 1.807) is 0 Å². The number of benzene rings is 9. The molecule has 2 heterocycles. The number of hydrogen-bond acceptors (Lipinski definition) is 3. The Morgan fingerprint density at radius 3 is 1.29 bits per heavy atom. The Hall–Kier alpha value is -7.36. The molecule has 11 aromatic rings. The van der Waals surface area contributed by atoms with Crippen LogP contribution in [0.4, 0.5) is 0 Å². The minimum atomic E-state index is 0.522. The normalized spacial score (nSPS) is 11.6. The third-order valence-electron chi connectivity index (χ3n) is 10.9. The second-order valence-electron chi connectivity index (χ2n) is 14.1. The lowest BCUT2D eigenvalue weighted by atomic mass is 9.91. The van der Waals surface area contributed by atoms with Gasteiger partial charge in [-0.1, -0.05) is 164 Å². The van der Waals surface area contributed by atoms with Crippen LogP contribution < -0.4 is 0 Å². The van der Waals surface area contributed by atoms with Crippen molar-refractivity contribution in [1.29, 1.82) is 0 Å². The van der Waals surface area contributed by atoms with Crippen LogP contribution in [0.15, 0.2) is 199 Å². The lowest BCUT2D eigenvalue weighted by Crippen LogP contribution is -1.95. The Labute approximate surface area is 317 Å². The first kappa shape index (κ1) is 31.2. The minimum absolute atomic E-state index is 0.522. The highest BCUT2D eigenvalue weighted by Crippen LogP contribution is 2.40. The highest BCUT2D eigenvalue weighted by Gasteiger charge is 2.20. The molecule has 3 heteroatoms. The largest absolute Gasteiger partial charge is 0.436 e. The van der Waals surface area contributed by atoms with Gasteiger partial charge in [-0.2, -0.15) is 0 Å². The average molecular weight is 701 g/mol. The monoisotopic (exact) mass is 700 g/mol. The highest BCUT2D eigenvalue weighted by molar-refractivity contribution is 6.25. The first-order valence-corrected chi connectivity index (χ1v) is 18.6. The Morgan fingerprint density at radius 1 is 0.273 bits per heavy atom. The van der Waals surface area contributed by atoms with Gasteiger partial charge in [0.1, 0.15) is 16.8 Å². The number of nitrogens with zero attached hydrogens (tertiary/aromatic N) is 2. The zero-order valence-electron chi connectivity index (χ0n) is 29.8. The second-order valence-corrected chi connectivity index (χ2v) is 14.1. The van der Waals surface area contributed by atoms with Crippen molar-refractivity contribution in [3.63, 3.8) is 0 Å². The van der Waals surface area contributed by atoms with Crippen molar-refractivity contribution in [2.24, 2.45) is 0 Å². The van der Waals surface area contributed by atoms with E-state index >= 15 is 0 Å². The van der Waals surface area contributed by atoms with Crippen molar-refractivity contribution in [2.45, 2.75) is 0 Å². The van der Waals surface area contributed by atoms with Gasteiger partial charge in [-0.3, -0.25) is 0 Å². The van der Waals surface area contributed by atoms with Gasteiger partial charge in [-0.15, -0.1) is 0 Å². The second kappa shape index (κ2) is 12.6. The summed E-state index contributed by atoms with van der Waals surface area (Å²) >= 11 is 0. The molecule has 0 fully saturated rings. The van der Waals surface area contributed by atoms with Crippen molar-refractivity contribution in [3.05, 3.63) is 194 Å². The Balaban J connectivity index is 1.11. The minimum Gasteiger partial charge on any atom is -0.436 e. The molecular weight excluding hydrogens is 669 g/mol. The highest BCUT2D eigenvalue weighted by atomic mass is 16.3. The first-order chi connectivity index (χ1) is 27.2. The molecule has 55 heavy (non-hydrogen) atoms. The molecule has 0 aliphatic rings. The van der Waals surface area contributed by atoms with E-state index in [1.165, 1.54) is 32.3 Å². The van der Waals surface area contributed by atoms with E-state index in [0.29, 0.717) is 5.71 Å². The Bertz CT molecular complexity index is 3220. The van der Waals surface area contributed by atoms with Crippen molar-refractivity contribution >= 4 is 54.5 Å². The van der Waals surface area contributed by atoms with E-state index in [-0.39, 0.29) is 0 Å². The van der Waals surface area contributed by atoms with Crippen molar-refractivity contribution < 1.29 is 4.42 Å². The molecule has 0 bridgehead atoms. The van der Waals surface area contributed by atoms with Gasteiger partial charge in [0.15, 0.2) is 0 Å². The third kappa shape index (κ3) is 5.28. The fourth-order valence-electron chi connectivity index (χ4n) is 8.20. The number of hydrogen-bond donors (Lipinski definition) is 0. The fraction of sp³-hybridized carbons (Fsp3) is 0. The van der Waals surface area contributed by atoms with Gasteiger partial charge < -0.3 is 4.42 Å². The van der Waals surface area contributed by atoms with Gasteiger partial charge in [-0.05, 0) is 96.0 Å². The summed E-state index contributed by atoms with van der Waals surface area (Å²) in [6.07, 6.45) is 0. The summed E-state index contributed by atoms with van der Waals surface area (Å²) in [5, 5.41) is 8.52. The van der Waals surface area contributed by atoms with Crippen LogP contribution in [0.1, 0.15) is 0 Å². The maximum atomic E-state index is 6.51. The fourth-order valence-corrected chi connectivity index (χ4v) is 8.20. The lowest BCUT2D eigenvalue weighted by Gasteiger charge is -2.13. The smallest absolute Gasteiger partial charge is 0.246 e. The molecule has 0 saturated carbocycles. The molecule has 2 aromatic heterocycles. The van der Waals surface area contributed by atoms with Gasteiger partial charge in [0.05, 0.1) is 5.69 Å². The molecule has 3 nitrogen and oxygen atoms in total. The summed E-state index contributed by atoms with van der Waals surface area (Å²) in [6.45, 7) is 0. The molecule has 0 unspecified atom stereocenters. The molecule has 0 aliphatic heterocycles. The SMILES string of the molecule is c1ccc(-c2cccc(-c3nc4oc5cc(-c6ccccc6)ccc5c4nc3-c3cccc(-c4ccc5c6ccccc6c6ccccc6c5c4)c3)c2)cc1. The topological polar surface area (TPSA) is 38.9 Å². The molecule has 11 rings (SSSR count). The van der Waals surface area contributed by atoms with Crippen LogP contribution in [0, 0.1) is 0 Å². The van der Waals surface area contributed by atoms with Gasteiger partial charge >= 0.3 is 0 Å². The maximum absolute atomic E-state index is 6.51. The molecule has 0 spiro atoms. The molecule has 0 aliphatic carbocycles. The summed E-state index contributed by atoms with van der Waals surface area (Å²) in [6, 6.07) is 68.8. The molecule has 0 amide bonds. The van der Waals surface area contributed by atoms with Crippen LogP contribution in [0.2, 0.25) is 0 Å². The first-order valence-electron chi connectivity index (χ1n) is 18.6.